The van der Waals surface area contributed by atoms with Gasteiger partial charge >= 0.3 is 0 Å². The van der Waals surface area contributed by atoms with Gasteiger partial charge in [0.25, 0.3) is 0 Å². The van der Waals surface area contributed by atoms with Gasteiger partial charge in [-0.1, -0.05) is 178 Å². The van der Waals surface area contributed by atoms with Gasteiger partial charge in [-0.15, -0.1) is 0 Å². The minimum absolute atomic E-state index is 0.0749. The van der Waals surface area contributed by atoms with Gasteiger partial charge in [-0.2, -0.15) is 0 Å². The number of furan rings is 3. The average molecular weight is 996 g/mol. The van der Waals surface area contributed by atoms with E-state index in [-0.39, 0.29) is 21.7 Å². The van der Waals surface area contributed by atoms with Crippen LogP contribution in [-0.2, 0) is 21.7 Å². The van der Waals surface area contributed by atoms with E-state index in [1.54, 1.807) is 0 Å². The van der Waals surface area contributed by atoms with E-state index in [0.29, 0.717) is 0 Å². The summed E-state index contributed by atoms with van der Waals surface area (Å²) < 4.78 is 20.5. The fourth-order valence-corrected chi connectivity index (χ4v) is 14.8. The second-order valence-electron chi connectivity index (χ2n) is 24.7. The number of rotatable bonds is 4. The Morgan fingerprint density at radius 2 is 0.818 bits per heavy atom. The maximum Gasteiger partial charge on any atom is 0.144 e. The van der Waals surface area contributed by atoms with E-state index in [1.807, 2.05) is 6.07 Å². The Morgan fingerprint density at radius 1 is 0.338 bits per heavy atom. The molecule has 3 aliphatic carbocycles. The summed E-state index contributed by atoms with van der Waals surface area (Å²) in [5, 5.41) is 6.89. The zero-order valence-corrected chi connectivity index (χ0v) is 45.0. The molecular formula is C73H57NO3. The van der Waals surface area contributed by atoms with Crippen molar-refractivity contribution in [3.05, 3.63) is 221 Å². The second kappa shape index (κ2) is 14.9. The van der Waals surface area contributed by atoms with Crippen LogP contribution < -0.4 is 4.90 Å². The molecule has 4 heteroatoms. The summed E-state index contributed by atoms with van der Waals surface area (Å²) in [6.45, 7) is 21.5. The van der Waals surface area contributed by atoms with Gasteiger partial charge < -0.3 is 18.2 Å². The number of benzene rings is 10. The van der Waals surface area contributed by atoms with Crippen molar-refractivity contribution < 1.29 is 13.3 Å². The van der Waals surface area contributed by atoms with Crippen molar-refractivity contribution in [2.45, 2.75) is 84.0 Å². The molecule has 0 fully saturated rings. The third-order valence-electron chi connectivity index (χ3n) is 18.3. The summed E-state index contributed by atoms with van der Waals surface area (Å²) in [6, 6.07) is 67.1. The Kier molecular flexibility index (Phi) is 8.62. The molecule has 0 N–H and O–H groups in total. The summed E-state index contributed by atoms with van der Waals surface area (Å²) in [4.78, 5) is 2.49. The molecule has 0 radical (unpaired) electrons. The highest BCUT2D eigenvalue weighted by atomic mass is 16.3. The minimum atomic E-state index is -0.364. The van der Waals surface area contributed by atoms with Gasteiger partial charge in [0, 0.05) is 76.8 Å². The third kappa shape index (κ3) is 5.78. The van der Waals surface area contributed by atoms with Crippen molar-refractivity contribution in [3.63, 3.8) is 0 Å². The molecule has 0 saturated carbocycles. The molecule has 0 bridgehead atoms. The Hall–Kier alpha value is -8.60. The smallest absolute Gasteiger partial charge is 0.144 e. The Morgan fingerprint density at radius 3 is 1.51 bits per heavy atom. The molecule has 0 spiro atoms. The first-order valence-electron chi connectivity index (χ1n) is 27.3. The number of hydrogen-bond donors (Lipinski definition) is 0. The van der Waals surface area contributed by atoms with Crippen LogP contribution in [0.2, 0.25) is 0 Å². The largest absolute Gasteiger partial charge is 0.456 e. The van der Waals surface area contributed by atoms with Gasteiger partial charge in [0.15, 0.2) is 0 Å². The van der Waals surface area contributed by atoms with Crippen molar-refractivity contribution in [1.82, 2.24) is 0 Å². The average Bonchev–Trinajstić information content (AvgIpc) is 3.77. The highest BCUT2D eigenvalue weighted by molar-refractivity contribution is 6.22. The molecule has 372 valence electrons. The number of fused-ring (bicyclic) bond motifs is 22. The molecule has 3 aromatic heterocycles. The summed E-state index contributed by atoms with van der Waals surface area (Å²) in [6.07, 6.45) is 0. The Balaban J connectivity index is 0.936. The topological polar surface area (TPSA) is 42.7 Å². The molecule has 10 aromatic carbocycles. The van der Waals surface area contributed by atoms with Gasteiger partial charge in [-0.05, 0) is 144 Å². The van der Waals surface area contributed by atoms with Crippen molar-refractivity contribution in [2.75, 3.05) is 4.90 Å². The van der Waals surface area contributed by atoms with Crippen LogP contribution in [0.15, 0.2) is 195 Å². The molecule has 0 atom stereocenters. The Labute approximate surface area is 448 Å². The molecule has 3 aliphatic rings. The van der Waals surface area contributed by atoms with Gasteiger partial charge in [0.2, 0.25) is 0 Å². The van der Waals surface area contributed by atoms with E-state index in [0.717, 1.165) is 77.7 Å². The van der Waals surface area contributed by atoms with Crippen molar-refractivity contribution in [3.8, 4) is 44.5 Å². The summed E-state index contributed by atoms with van der Waals surface area (Å²) in [5.41, 5.74) is 27.0. The van der Waals surface area contributed by atoms with E-state index >= 15 is 0 Å². The first-order valence-corrected chi connectivity index (χ1v) is 27.3. The normalized spacial score (nSPS) is 15.4. The highest BCUT2D eigenvalue weighted by Gasteiger charge is 2.49. The lowest BCUT2D eigenvalue weighted by atomic mass is 9.72. The molecule has 77 heavy (non-hydrogen) atoms. The maximum absolute atomic E-state index is 7.03. The molecule has 16 rings (SSSR count). The summed E-state index contributed by atoms with van der Waals surface area (Å²) >= 11 is 0. The number of para-hydroxylation sites is 3. The Bertz CT molecular complexity index is 4770. The zero-order valence-electron chi connectivity index (χ0n) is 45.0. The molecular weight excluding hydrogens is 939 g/mol. The predicted molar refractivity (Wildman–Crippen MR) is 320 cm³/mol. The van der Waals surface area contributed by atoms with Crippen LogP contribution in [0.25, 0.3) is 110 Å². The van der Waals surface area contributed by atoms with Crippen LogP contribution in [0.3, 0.4) is 0 Å². The van der Waals surface area contributed by atoms with Gasteiger partial charge in [-0.25, -0.2) is 0 Å². The molecule has 0 unspecified atom stereocenters. The number of nitrogens with zero attached hydrogens (tertiary/aromatic N) is 1. The monoisotopic (exact) mass is 995 g/mol. The molecule has 0 amide bonds. The fourth-order valence-electron chi connectivity index (χ4n) is 14.8. The lowest BCUT2D eigenvalue weighted by Gasteiger charge is -2.32. The lowest BCUT2D eigenvalue weighted by Crippen LogP contribution is -2.24. The van der Waals surface area contributed by atoms with Crippen LogP contribution in [0.4, 0.5) is 17.1 Å². The number of hydrogen-bond acceptors (Lipinski definition) is 4. The second-order valence-corrected chi connectivity index (χ2v) is 24.7. The van der Waals surface area contributed by atoms with E-state index in [2.05, 4.69) is 243 Å². The lowest BCUT2D eigenvalue weighted by molar-refractivity contribution is 0.591. The van der Waals surface area contributed by atoms with Gasteiger partial charge in [-0.3, -0.25) is 0 Å². The fraction of sp³-hybridized carbons (Fsp3) is 0.178. The molecule has 0 saturated heterocycles. The third-order valence-corrected chi connectivity index (χ3v) is 18.3. The SMILES string of the molecule is CC(C)(C)c1ccccc1-c1cc2c(c3c1oc1ccccc13)-c1ccc(N(c3ccc4c(c3)C(C)(C)c3c5c(c6oc7ccccc7c6c3-4)-c3ccccc3C5(C)C)c3ccc4oc5ccccc5c4c3)cc1C2(C)C. The van der Waals surface area contributed by atoms with Crippen molar-refractivity contribution in [2.24, 2.45) is 0 Å². The first-order chi connectivity index (χ1) is 37.1. The molecule has 3 heterocycles. The first kappa shape index (κ1) is 44.7. The highest BCUT2D eigenvalue weighted by Crippen LogP contribution is 2.64. The predicted octanol–water partition coefficient (Wildman–Crippen LogP) is 20.7. The molecule has 13 aromatic rings. The summed E-state index contributed by atoms with van der Waals surface area (Å²) in [5.74, 6) is 0. The van der Waals surface area contributed by atoms with E-state index in [4.69, 9.17) is 13.3 Å². The van der Waals surface area contributed by atoms with Crippen LogP contribution in [0.1, 0.15) is 101 Å². The van der Waals surface area contributed by atoms with Gasteiger partial charge in [0.1, 0.15) is 33.5 Å². The van der Waals surface area contributed by atoms with Crippen LogP contribution in [0.5, 0.6) is 0 Å². The molecule has 4 nitrogen and oxygen atoms in total. The number of anilines is 3. The quantitative estimate of drug-likeness (QED) is 0.176. The summed E-state index contributed by atoms with van der Waals surface area (Å²) in [7, 11) is 0. The van der Waals surface area contributed by atoms with Crippen LogP contribution in [-0.4, -0.2) is 0 Å². The maximum atomic E-state index is 7.03. The van der Waals surface area contributed by atoms with Gasteiger partial charge in [0.05, 0.1) is 0 Å². The zero-order chi connectivity index (χ0) is 52.2. The molecule has 0 aliphatic heterocycles. The van der Waals surface area contributed by atoms with E-state index in [9.17, 15) is 0 Å². The van der Waals surface area contributed by atoms with E-state index < -0.39 is 0 Å². The van der Waals surface area contributed by atoms with E-state index in [1.165, 1.54) is 88.7 Å². The minimum Gasteiger partial charge on any atom is -0.456 e. The van der Waals surface area contributed by atoms with Crippen LogP contribution >= 0.6 is 0 Å². The standard InChI is InChI=1S/C73H57NO3/c1-70(2,3)52-25-15-10-20-43(52)51-39-56-61(63-48-23-13-18-28-58(48)76-68(51)63)46-33-30-41(37-54(46)71(56,4)5)74(40-32-35-60-50(36-40)44-21-12-17-27-57(44)75-60)42-31-34-47-55(38-42)73(8,9)66-62(47)64-49-24-14-19-29-59(49)77-69(64)65-45-22-11-16-26-53(45)72(6,7)67(65)66/h10-39H,1-9H3. The van der Waals surface area contributed by atoms with Crippen molar-refractivity contribution >= 4 is 82.9 Å². The van der Waals surface area contributed by atoms with Crippen molar-refractivity contribution in [1.29, 1.82) is 0 Å². The van der Waals surface area contributed by atoms with Crippen LogP contribution in [0, 0.1) is 0 Å².